The van der Waals surface area contributed by atoms with E-state index in [0.29, 0.717) is 44.5 Å². The van der Waals surface area contributed by atoms with Crippen molar-refractivity contribution in [3.8, 4) is 0 Å². The van der Waals surface area contributed by atoms with E-state index in [1.165, 1.54) is 40.7 Å². The molecule has 3 atom stereocenters. The summed E-state index contributed by atoms with van der Waals surface area (Å²) in [5, 5.41) is 5.74. The Morgan fingerprint density at radius 3 is 2.15 bits per heavy atom. The van der Waals surface area contributed by atoms with E-state index >= 15 is 0 Å². The first kappa shape index (κ1) is 32.4. The highest BCUT2D eigenvalue weighted by molar-refractivity contribution is 7.89. The molecular formula is C29H43FN4O4S. The van der Waals surface area contributed by atoms with Crippen molar-refractivity contribution in [2.75, 3.05) is 18.4 Å². The van der Waals surface area contributed by atoms with Crippen LogP contribution >= 0.6 is 0 Å². The Bertz CT molecular complexity index is 1180. The van der Waals surface area contributed by atoms with Crippen LogP contribution < -0.4 is 16.4 Å². The fourth-order valence-electron chi connectivity index (χ4n) is 4.38. The number of amides is 2. The van der Waals surface area contributed by atoms with E-state index in [-0.39, 0.29) is 22.3 Å². The highest BCUT2D eigenvalue weighted by atomic mass is 32.2. The fraction of sp³-hybridized carbons (Fsp3) is 0.517. The van der Waals surface area contributed by atoms with Crippen LogP contribution in [0.4, 0.5) is 10.1 Å². The van der Waals surface area contributed by atoms with E-state index in [0.717, 1.165) is 0 Å². The Labute approximate surface area is 232 Å². The lowest BCUT2D eigenvalue weighted by atomic mass is 9.91. The van der Waals surface area contributed by atoms with Gasteiger partial charge in [-0.3, -0.25) is 9.59 Å². The van der Waals surface area contributed by atoms with Crippen LogP contribution in [0.2, 0.25) is 0 Å². The molecule has 0 aliphatic carbocycles. The third kappa shape index (κ3) is 9.70. The zero-order chi connectivity index (χ0) is 29.2. The van der Waals surface area contributed by atoms with Gasteiger partial charge in [0.05, 0.1) is 4.90 Å². The van der Waals surface area contributed by atoms with Crippen LogP contribution in [0.15, 0.2) is 53.4 Å². The van der Waals surface area contributed by atoms with E-state index in [9.17, 15) is 22.4 Å². The number of nitrogens with two attached hydrogens (primary N) is 1. The number of benzene rings is 2. The summed E-state index contributed by atoms with van der Waals surface area (Å²) in [6, 6.07) is 10.6. The van der Waals surface area contributed by atoms with Crippen molar-refractivity contribution < 1.29 is 22.4 Å². The average molecular weight is 563 g/mol. The summed E-state index contributed by atoms with van der Waals surface area (Å²) in [6.45, 7) is 10.4. The normalized spacial score (nSPS) is 14.2. The molecule has 0 fully saturated rings. The largest absolute Gasteiger partial charge is 0.348 e. The van der Waals surface area contributed by atoms with Gasteiger partial charge >= 0.3 is 0 Å². The number of hydrogen-bond acceptors (Lipinski definition) is 5. The highest BCUT2D eigenvalue weighted by Gasteiger charge is 2.27. The Hall–Kier alpha value is -2.82. The molecule has 0 aromatic heterocycles. The minimum Gasteiger partial charge on any atom is -0.348 e. The molecule has 216 valence electrons. The van der Waals surface area contributed by atoms with E-state index < -0.39 is 39.7 Å². The van der Waals surface area contributed by atoms with Crippen LogP contribution in [-0.4, -0.2) is 49.7 Å². The SMILES string of the molecule is CCCN(CCC)S(=O)(=O)c1cccc(C(=O)NC(CC(C)C)C(N)CC(C)C(=O)Nc2ccc(F)cc2)c1. The fourth-order valence-corrected chi connectivity index (χ4v) is 6.05. The van der Waals surface area contributed by atoms with Crippen LogP contribution in [0, 0.1) is 17.7 Å². The monoisotopic (exact) mass is 562 g/mol. The lowest BCUT2D eigenvalue weighted by Gasteiger charge is -2.28. The molecule has 3 unspecified atom stereocenters. The number of nitrogens with zero attached hydrogens (tertiary/aromatic N) is 1. The zero-order valence-corrected chi connectivity index (χ0v) is 24.4. The summed E-state index contributed by atoms with van der Waals surface area (Å²) >= 11 is 0. The summed E-state index contributed by atoms with van der Waals surface area (Å²) in [6.07, 6.45) is 2.27. The lowest BCUT2D eigenvalue weighted by Crippen LogP contribution is -2.49. The summed E-state index contributed by atoms with van der Waals surface area (Å²) in [5.74, 6) is -1.32. The number of anilines is 1. The summed E-state index contributed by atoms with van der Waals surface area (Å²) in [5.41, 5.74) is 7.22. The molecule has 0 aliphatic rings. The van der Waals surface area contributed by atoms with E-state index in [1.54, 1.807) is 19.1 Å². The first-order valence-corrected chi connectivity index (χ1v) is 15.1. The second-order valence-corrected chi connectivity index (χ2v) is 12.4. The topological polar surface area (TPSA) is 122 Å². The maximum absolute atomic E-state index is 13.2. The van der Waals surface area contributed by atoms with Gasteiger partial charge in [-0.05, 0) is 74.1 Å². The van der Waals surface area contributed by atoms with Gasteiger partial charge in [-0.1, -0.05) is 40.7 Å². The molecule has 0 bridgehead atoms. The minimum atomic E-state index is -3.74. The first-order chi connectivity index (χ1) is 18.4. The molecule has 0 saturated heterocycles. The molecule has 0 heterocycles. The van der Waals surface area contributed by atoms with Gasteiger partial charge in [0.25, 0.3) is 5.91 Å². The van der Waals surface area contributed by atoms with E-state index in [1.807, 2.05) is 27.7 Å². The van der Waals surface area contributed by atoms with E-state index in [2.05, 4.69) is 10.6 Å². The number of hydrogen-bond donors (Lipinski definition) is 3. The highest BCUT2D eigenvalue weighted by Crippen LogP contribution is 2.20. The van der Waals surface area contributed by atoms with Crippen molar-refractivity contribution in [2.45, 2.75) is 77.3 Å². The minimum absolute atomic E-state index is 0.0767. The molecule has 4 N–H and O–H groups in total. The van der Waals surface area contributed by atoms with Crippen molar-refractivity contribution in [1.29, 1.82) is 0 Å². The van der Waals surface area contributed by atoms with Crippen molar-refractivity contribution in [2.24, 2.45) is 17.6 Å². The second-order valence-electron chi connectivity index (χ2n) is 10.4. The van der Waals surface area contributed by atoms with Crippen LogP contribution in [0.1, 0.15) is 70.7 Å². The molecule has 10 heteroatoms. The number of carbonyl (C=O) groups is 2. The van der Waals surface area contributed by atoms with Crippen molar-refractivity contribution >= 4 is 27.5 Å². The second kappa shape index (κ2) is 15.1. The standard InChI is InChI=1S/C29H43FN4O4S/c1-6-15-34(16-7-2)39(37,38)25-10-8-9-22(19-25)29(36)33-27(17-20(3)4)26(31)18-21(5)28(35)32-24-13-11-23(30)12-14-24/h8-14,19-21,26-27H,6-7,15-18,31H2,1-5H3,(H,32,35)(H,33,36). The number of carbonyl (C=O) groups excluding carboxylic acids is 2. The Kier molecular flexibility index (Phi) is 12.5. The van der Waals surface area contributed by atoms with Crippen LogP contribution in [0.3, 0.4) is 0 Å². The maximum atomic E-state index is 13.2. The molecule has 0 saturated carbocycles. The third-order valence-corrected chi connectivity index (χ3v) is 8.32. The molecule has 0 aliphatic heterocycles. The molecule has 2 aromatic carbocycles. The predicted octanol–water partition coefficient (Wildman–Crippen LogP) is 4.77. The summed E-state index contributed by atoms with van der Waals surface area (Å²) < 4.78 is 41.0. The van der Waals surface area contributed by atoms with Gasteiger partial charge in [0.15, 0.2) is 0 Å². The average Bonchev–Trinajstić information content (AvgIpc) is 2.89. The van der Waals surface area contributed by atoms with Crippen molar-refractivity contribution in [3.05, 3.63) is 59.9 Å². The van der Waals surface area contributed by atoms with Crippen molar-refractivity contribution in [3.63, 3.8) is 0 Å². The molecule has 2 rings (SSSR count). The molecule has 8 nitrogen and oxygen atoms in total. The van der Waals surface area contributed by atoms with Gasteiger partial charge < -0.3 is 16.4 Å². The molecule has 0 radical (unpaired) electrons. The quantitative estimate of drug-likeness (QED) is 0.289. The van der Waals surface area contributed by atoms with Crippen LogP contribution in [-0.2, 0) is 14.8 Å². The molecule has 0 spiro atoms. The zero-order valence-electron chi connectivity index (χ0n) is 23.6. The van der Waals surface area contributed by atoms with E-state index in [4.69, 9.17) is 5.73 Å². The van der Waals surface area contributed by atoms with Crippen LogP contribution in [0.25, 0.3) is 0 Å². The summed E-state index contributed by atoms with van der Waals surface area (Å²) in [4.78, 5) is 26.0. The molecular weight excluding hydrogens is 519 g/mol. The Morgan fingerprint density at radius 2 is 1.59 bits per heavy atom. The number of sulfonamides is 1. The smallest absolute Gasteiger partial charge is 0.251 e. The lowest BCUT2D eigenvalue weighted by molar-refractivity contribution is -0.119. The first-order valence-electron chi connectivity index (χ1n) is 13.6. The Balaban J connectivity index is 2.15. The van der Waals surface area contributed by atoms with Gasteiger partial charge in [-0.2, -0.15) is 4.31 Å². The predicted molar refractivity (Wildman–Crippen MR) is 153 cm³/mol. The van der Waals surface area contributed by atoms with Crippen molar-refractivity contribution in [1.82, 2.24) is 9.62 Å². The third-order valence-electron chi connectivity index (χ3n) is 6.42. The van der Waals surface area contributed by atoms with Gasteiger partial charge in [0.2, 0.25) is 15.9 Å². The number of nitrogens with one attached hydrogen (secondary N) is 2. The number of halogens is 1. The molecule has 39 heavy (non-hydrogen) atoms. The van der Waals surface area contributed by atoms with Gasteiger partial charge in [-0.15, -0.1) is 0 Å². The Morgan fingerprint density at radius 1 is 0.974 bits per heavy atom. The van der Waals surface area contributed by atoms with Gasteiger partial charge in [0, 0.05) is 42.3 Å². The summed E-state index contributed by atoms with van der Waals surface area (Å²) in [7, 11) is -3.74. The van der Waals surface area contributed by atoms with Crippen LogP contribution in [0.5, 0.6) is 0 Å². The number of rotatable bonds is 15. The molecule has 2 aromatic rings. The maximum Gasteiger partial charge on any atom is 0.251 e. The van der Waals surface area contributed by atoms with Gasteiger partial charge in [-0.25, -0.2) is 12.8 Å². The van der Waals surface area contributed by atoms with Gasteiger partial charge in [0.1, 0.15) is 5.82 Å². The molecule has 2 amide bonds.